The third-order valence-electron chi connectivity index (χ3n) is 2.29. The first-order valence-corrected chi connectivity index (χ1v) is 6.15. The van der Waals surface area contributed by atoms with E-state index < -0.39 is 24.6 Å². The van der Waals surface area contributed by atoms with Gasteiger partial charge >= 0.3 is 6.18 Å². The van der Waals surface area contributed by atoms with Crippen LogP contribution in [0, 0.1) is 5.82 Å². The summed E-state index contributed by atoms with van der Waals surface area (Å²) in [5.41, 5.74) is 2.94. The van der Waals surface area contributed by atoms with Gasteiger partial charge in [0.1, 0.15) is 12.4 Å². The number of hydrogen-bond acceptors (Lipinski definition) is 3. The van der Waals surface area contributed by atoms with Gasteiger partial charge in [-0.2, -0.15) is 13.2 Å². The molecule has 1 aromatic carbocycles. The van der Waals surface area contributed by atoms with Crippen molar-refractivity contribution in [2.24, 2.45) is 5.84 Å². The Balaban J connectivity index is 2.54. The fraction of sp³-hybridized carbons (Fsp3) is 0.455. The molecule has 0 fully saturated rings. The van der Waals surface area contributed by atoms with Gasteiger partial charge in [0.2, 0.25) is 0 Å². The number of benzene rings is 1. The minimum atomic E-state index is -4.38. The van der Waals surface area contributed by atoms with Gasteiger partial charge in [-0.05, 0) is 30.2 Å². The van der Waals surface area contributed by atoms with E-state index in [4.69, 9.17) is 5.84 Å². The molecule has 0 heterocycles. The summed E-state index contributed by atoms with van der Waals surface area (Å²) in [6.45, 7) is -1.56. The molecule has 8 heteroatoms. The molecular weight excluding hydrogens is 332 g/mol. The highest BCUT2D eigenvalue weighted by Crippen LogP contribution is 2.20. The van der Waals surface area contributed by atoms with Crippen LogP contribution < -0.4 is 11.3 Å². The van der Waals surface area contributed by atoms with E-state index in [0.717, 1.165) is 0 Å². The lowest BCUT2D eigenvalue weighted by atomic mass is 10.1. The van der Waals surface area contributed by atoms with Crippen LogP contribution in [0.2, 0.25) is 0 Å². The SMILES string of the molecule is NNC(COCC(F)(F)F)Cc1cc(F)ccc1Br. The maximum absolute atomic E-state index is 13.1. The van der Waals surface area contributed by atoms with E-state index in [0.29, 0.717) is 10.0 Å². The number of alkyl halides is 3. The largest absolute Gasteiger partial charge is 0.411 e. The summed E-state index contributed by atoms with van der Waals surface area (Å²) in [5.74, 6) is 4.81. The van der Waals surface area contributed by atoms with Crippen LogP contribution in [0.5, 0.6) is 0 Å². The van der Waals surface area contributed by atoms with E-state index in [9.17, 15) is 17.6 Å². The van der Waals surface area contributed by atoms with Crippen molar-refractivity contribution in [3.63, 3.8) is 0 Å². The maximum Gasteiger partial charge on any atom is 0.411 e. The summed E-state index contributed by atoms with van der Waals surface area (Å²) in [6, 6.07) is 3.55. The van der Waals surface area contributed by atoms with Crippen molar-refractivity contribution in [2.75, 3.05) is 13.2 Å². The lowest BCUT2D eigenvalue weighted by Crippen LogP contribution is -2.41. The fourth-order valence-corrected chi connectivity index (χ4v) is 1.86. The van der Waals surface area contributed by atoms with Gasteiger partial charge < -0.3 is 4.74 Å². The minimum Gasteiger partial charge on any atom is -0.370 e. The molecular formula is C11H13BrF4N2O. The van der Waals surface area contributed by atoms with E-state index >= 15 is 0 Å². The second kappa shape index (κ2) is 7.18. The highest BCUT2D eigenvalue weighted by Gasteiger charge is 2.27. The Kier molecular flexibility index (Phi) is 6.18. The predicted molar refractivity (Wildman–Crippen MR) is 65.8 cm³/mol. The number of hydrazine groups is 1. The molecule has 3 N–H and O–H groups in total. The summed E-state index contributed by atoms with van der Waals surface area (Å²) in [5, 5.41) is 0. The number of ether oxygens (including phenoxy) is 1. The van der Waals surface area contributed by atoms with Gasteiger partial charge in [0.15, 0.2) is 0 Å². The molecule has 1 atom stereocenters. The van der Waals surface area contributed by atoms with Crippen LogP contribution in [0.15, 0.2) is 22.7 Å². The predicted octanol–water partition coefficient (Wildman–Crippen LogP) is 2.54. The molecule has 0 saturated carbocycles. The van der Waals surface area contributed by atoms with Crippen LogP contribution in [-0.2, 0) is 11.2 Å². The summed E-state index contributed by atoms with van der Waals surface area (Å²) in [7, 11) is 0. The van der Waals surface area contributed by atoms with Crippen molar-refractivity contribution in [3.05, 3.63) is 34.1 Å². The van der Waals surface area contributed by atoms with E-state index in [1.807, 2.05) is 0 Å². The molecule has 0 aliphatic carbocycles. The molecule has 0 radical (unpaired) electrons. The Bertz CT molecular complexity index is 414. The molecule has 0 aliphatic heterocycles. The molecule has 1 unspecified atom stereocenters. The van der Waals surface area contributed by atoms with Gasteiger partial charge in [0.25, 0.3) is 0 Å². The van der Waals surface area contributed by atoms with Gasteiger partial charge in [-0.25, -0.2) is 4.39 Å². The standard InChI is InChI=1S/C11H13BrF4N2O/c12-10-2-1-8(13)3-7(10)4-9(18-17)5-19-6-11(14,15)16/h1-3,9,18H,4-6,17H2. The summed E-state index contributed by atoms with van der Waals surface area (Å²) in [4.78, 5) is 0. The highest BCUT2D eigenvalue weighted by molar-refractivity contribution is 9.10. The maximum atomic E-state index is 13.1. The molecule has 0 bridgehead atoms. The van der Waals surface area contributed by atoms with E-state index in [-0.39, 0.29) is 13.0 Å². The van der Waals surface area contributed by atoms with E-state index in [1.54, 1.807) is 0 Å². The third-order valence-corrected chi connectivity index (χ3v) is 3.07. The third kappa shape index (κ3) is 6.33. The molecule has 0 aliphatic rings. The van der Waals surface area contributed by atoms with Gasteiger partial charge in [-0.15, -0.1) is 0 Å². The molecule has 19 heavy (non-hydrogen) atoms. The van der Waals surface area contributed by atoms with Crippen LogP contribution in [0.3, 0.4) is 0 Å². The Labute approximate surface area is 116 Å². The minimum absolute atomic E-state index is 0.223. The van der Waals surface area contributed by atoms with Gasteiger partial charge in [0.05, 0.1) is 6.61 Å². The van der Waals surface area contributed by atoms with Crippen molar-refractivity contribution >= 4 is 15.9 Å². The first-order valence-electron chi connectivity index (χ1n) is 5.36. The molecule has 3 nitrogen and oxygen atoms in total. The van der Waals surface area contributed by atoms with Gasteiger partial charge in [-0.3, -0.25) is 11.3 Å². The number of rotatable bonds is 6. The monoisotopic (exact) mass is 344 g/mol. The quantitative estimate of drug-likeness (QED) is 0.473. The van der Waals surface area contributed by atoms with Crippen LogP contribution in [0.4, 0.5) is 17.6 Å². The van der Waals surface area contributed by atoms with Crippen molar-refractivity contribution in [2.45, 2.75) is 18.6 Å². The number of nitrogens with two attached hydrogens (primary N) is 1. The average molecular weight is 345 g/mol. The van der Waals surface area contributed by atoms with E-state index in [1.165, 1.54) is 18.2 Å². The molecule has 1 rings (SSSR count). The fourth-order valence-electron chi connectivity index (χ4n) is 1.45. The van der Waals surface area contributed by atoms with Crippen LogP contribution in [-0.4, -0.2) is 25.4 Å². The Morgan fingerprint density at radius 2 is 2.05 bits per heavy atom. The topological polar surface area (TPSA) is 47.3 Å². The van der Waals surface area contributed by atoms with Crippen molar-refractivity contribution in [1.82, 2.24) is 5.43 Å². The van der Waals surface area contributed by atoms with E-state index in [2.05, 4.69) is 26.1 Å². The smallest absolute Gasteiger partial charge is 0.370 e. The number of nitrogens with one attached hydrogen (secondary N) is 1. The average Bonchev–Trinajstić information content (AvgIpc) is 2.30. The summed E-state index contributed by atoms with van der Waals surface area (Å²) < 4.78 is 54.0. The normalized spacial score (nSPS) is 13.6. The number of hydrogen-bond donors (Lipinski definition) is 2. The first kappa shape index (κ1) is 16.4. The zero-order valence-corrected chi connectivity index (χ0v) is 11.4. The zero-order chi connectivity index (χ0) is 14.5. The Hall–Kier alpha value is -0.700. The Morgan fingerprint density at radius 1 is 1.37 bits per heavy atom. The molecule has 0 spiro atoms. The van der Waals surface area contributed by atoms with Crippen LogP contribution >= 0.6 is 15.9 Å². The molecule has 1 aromatic rings. The van der Waals surface area contributed by atoms with Crippen molar-refractivity contribution in [3.8, 4) is 0 Å². The summed E-state index contributed by atoms with van der Waals surface area (Å²) >= 11 is 3.23. The molecule has 0 aromatic heterocycles. The molecule has 0 amide bonds. The summed E-state index contributed by atoms with van der Waals surface area (Å²) in [6.07, 6.45) is -4.13. The van der Waals surface area contributed by atoms with Gasteiger partial charge in [-0.1, -0.05) is 15.9 Å². The molecule has 108 valence electrons. The van der Waals surface area contributed by atoms with Crippen molar-refractivity contribution in [1.29, 1.82) is 0 Å². The molecule has 0 saturated heterocycles. The zero-order valence-electron chi connectivity index (χ0n) is 9.81. The van der Waals surface area contributed by atoms with Crippen molar-refractivity contribution < 1.29 is 22.3 Å². The second-order valence-corrected chi connectivity index (χ2v) is 4.79. The van der Waals surface area contributed by atoms with Gasteiger partial charge in [0, 0.05) is 10.5 Å². The Morgan fingerprint density at radius 3 is 2.63 bits per heavy atom. The van der Waals surface area contributed by atoms with Crippen LogP contribution in [0.1, 0.15) is 5.56 Å². The lowest BCUT2D eigenvalue weighted by Gasteiger charge is -2.17. The number of halogens is 5. The highest BCUT2D eigenvalue weighted by atomic mass is 79.9. The second-order valence-electron chi connectivity index (χ2n) is 3.93. The first-order chi connectivity index (χ1) is 8.81. The lowest BCUT2D eigenvalue weighted by molar-refractivity contribution is -0.175. The van der Waals surface area contributed by atoms with Crippen LogP contribution in [0.25, 0.3) is 0 Å².